The molecule has 0 saturated carbocycles. The summed E-state index contributed by atoms with van der Waals surface area (Å²) in [5, 5.41) is 0. The number of methoxy groups -OCH3 is 1. The Morgan fingerprint density at radius 1 is 1.00 bits per heavy atom. The maximum atomic E-state index is 13.1. The van der Waals surface area contributed by atoms with Crippen LogP contribution < -0.4 is 4.74 Å². The summed E-state index contributed by atoms with van der Waals surface area (Å²) in [6.07, 6.45) is 0. The van der Waals surface area contributed by atoms with Gasteiger partial charge in [0, 0.05) is 8.95 Å². The molecule has 0 N–H and O–H groups in total. The normalized spacial score (nSPS) is 12.3. The van der Waals surface area contributed by atoms with Crippen molar-refractivity contribution in [3.05, 3.63) is 62.3 Å². The Morgan fingerprint density at radius 2 is 1.58 bits per heavy atom. The molecule has 1 unspecified atom stereocenters. The van der Waals surface area contributed by atoms with Gasteiger partial charge in [-0.25, -0.2) is 4.39 Å². The molecular formula is C14H10Br3FO. The second-order valence-corrected chi connectivity index (χ2v) is 6.54. The van der Waals surface area contributed by atoms with Gasteiger partial charge in [-0.2, -0.15) is 0 Å². The Hall–Kier alpha value is -0.390. The van der Waals surface area contributed by atoms with E-state index in [1.54, 1.807) is 13.2 Å². The number of hydrogen-bond donors (Lipinski definition) is 0. The maximum absolute atomic E-state index is 13.1. The maximum Gasteiger partial charge on any atom is 0.124 e. The fourth-order valence-corrected chi connectivity index (χ4v) is 4.29. The number of benzene rings is 2. The lowest BCUT2D eigenvalue weighted by Gasteiger charge is -2.15. The Kier molecular flexibility index (Phi) is 5.03. The van der Waals surface area contributed by atoms with Gasteiger partial charge in [0.2, 0.25) is 0 Å². The van der Waals surface area contributed by atoms with Gasteiger partial charge in [-0.15, -0.1) is 0 Å². The van der Waals surface area contributed by atoms with E-state index in [1.165, 1.54) is 12.1 Å². The van der Waals surface area contributed by atoms with Gasteiger partial charge in [-0.05, 0) is 35.4 Å². The molecule has 2 rings (SSSR count). The highest BCUT2D eigenvalue weighted by Gasteiger charge is 2.17. The van der Waals surface area contributed by atoms with E-state index < -0.39 is 0 Å². The molecule has 0 heterocycles. The van der Waals surface area contributed by atoms with Crippen molar-refractivity contribution in [3.8, 4) is 5.75 Å². The smallest absolute Gasteiger partial charge is 0.124 e. The van der Waals surface area contributed by atoms with Crippen LogP contribution >= 0.6 is 47.8 Å². The molecule has 2 aromatic rings. The summed E-state index contributed by atoms with van der Waals surface area (Å²) in [4.78, 5) is -0.0391. The average molecular weight is 453 g/mol. The summed E-state index contributed by atoms with van der Waals surface area (Å²) in [6, 6.07) is 10.4. The lowest BCUT2D eigenvalue weighted by atomic mass is 10.0. The first-order valence-electron chi connectivity index (χ1n) is 5.45. The van der Waals surface area contributed by atoms with Gasteiger partial charge in [-0.3, -0.25) is 0 Å². The summed E-state index contributed by atoms with van der Waals surface area (Å²) in [6.45, 7) is 0. The molecule has 1 nitrogen and oxygen atoms in total. The quantitative estimate of drug-likeness (QED) is 0.531. The van der Waals surface area contributed by atoms with Gasteiger partial charge < -0.3 is 4.74 Å². The van der Waals surface area contributed by atoms with Gasteiger partial charge >= 0.3 is 0 Å². The zero-order valence-electron chi connectivity index (χ0n) is 9.96. The minimum Gasteiger partial charge on any atom is -0.497 e. The van der Waals surface area contributed by atoms with E-state index >= 15 is 0 Å². The summed E-state index contributed by atoms with van der Waals surface area (Å²) in [7, 11) is 1.63. The second kappa shape index (κ2) is 6.37. The first kappa shape index (κ1) is 15.0. The topological polar surface area (TPSA) is 9.23 Å². The third-order valence-electron chi connectivity index (χ3n) is 2.72. The molecule has 5 heteroatoms. The van der Waals surface area contributed by atoms with Gasteiger partial charge in [0.25, 0.3) is 0 Å². The van der Waals surface area contributed by atoms with Crippen LogP contribution in [-0.4, -0.2) is 7.11 Å². The lowest BCUT2D eigenvalue weighted by Crippen LogP contribution is -1.96. The number of alkyl halides is 1. The van der Waals surface area contributed by atoms with E-state index in [-0.39, 0.29) is 10.6 Å². The van der Waals surface area contributed by atoms with Crippen LogP contribution in [0.4, 0.5) is 4.39 Å². The number of rotatable bonds is 3. The van der Waals surface area contributed by atoms with Crippen molar-refractivity contribution in [2.45, 2.75) is 4.83 Å². The predicted octanol–water partition coefficient (Wildman–Crippen LogP) is 5.84. The van der Waals surface area contributed by atoms with E-state index in [2.05, 4.69) is 47.8 Å². The van der Waals surface area contributed by atoms with E-state index in [9.17, 15) is 4.39 Å². The molecule has 0 amide bonds. The molecule has 1 atom stereocenters. The Bertz CT molecular complexity index is 601. The minimum atomic E-state index is -0.260. The van der Waals surface area contributed by atoms with Crippen LogP contribution in [0.2, 0.25) is 0 Å². The Balaban J connectivity index is 2.41. The van der Waals surface area contributed by atoms with E-state index in [0.29, 0.717) is 0 Å². The van der Waals surface area contributed by atoms with Crippen molar-refractivity contribution in [3.63, 3.8) is 0 Å². The average Bonchev–Trinajstić information content (AvgIpc) is 2.37. The van der Waals surface area contributed by atoms with E-state index in [1.807, 2.05) is 18.2 Å². The number of hydrogen-bond acceptors (Lipinski definition) is 1. The fourth-order valence-electron chi connectivity index (χ4n) is 1.71. The molecule has 0 aliphatic rings. The zero-order chi connectivity index (χ0) is 14.0. The molecular weight excluding hydrogens is 443 g/mol. The molecule has 0 spiro atoms. The second-order valence-electron chi connectivity index (χ2n) is 3.92. The highest BCUT2D eigenvalue weighted by molar-refractivity contribution is 9.11. The monoisotopic (exact) mass is 450 g/mol. The van der Waals surface area contributed by atoms with Crippen molar-refractivity contribution >= 4 is 47.8 Å². The largest absolute Gasteiger partial charge is 0.497 e. The zero-order valence-corrected chi connectivity index (χ0v) is 14.7. The van der Waals surface area contributed by atoms with Crippen molar-refractivity contribution in [1.82, 2.24) is 0 Å². The SMILES string of the molecule is COc1ccc(C(Br)c2ccc(F)cc2Br)c(Br)c1. The first-order valence-corrected chi connectivity index (χ1v) is 7.95. The molecule has 100 valence electrons. The van der Waals surface area contributed by atoms with Crippen LogP contribution in [0.5, 0.6) is 5.75 Å². The molecule has 0 radical (unpaired) electrons. The van der Waals surface area contributed by atoms with Crippen LogP contribution in [0.25, 0.3) is 0 Å². The summed E-state index contributed by atoms with van der Waals surface area (Å²) < 4.78 is 20.0. The molecule has 0 bridgehead atoms. The standard InChI is InChI=1S/C14H10Br3FO/c1-19-9-3-5-11(13(16)7-9)14(17)10-4-2-8(18)6-12(10)15/h2-7,14H,1H3. The Morgan fingerprint density at radius 3 is 2.11 bits per heavy atom. The molecule has 19 heavy (non-hydrogen) atoms. The summed E-state index contributed by atoms with van der Waals surface area (Å²) in [5.41, 5.74) is 2.01. The van der Waals surface area contributed by atoms with Crippen molar-refractivity contribution in [1.29, 1.82) is 0 Å². The van der Waals surface area contributed by atoms with Crippen molar-refractivity contribution < 1.29 is 9.13 Å². The predicted molar refractivity (Wildman–Crippen MR) is 85.6 cm³/mol. The molecule has 0 aromatic heterocycles. The summed E-state index contributed by atoms with van der Waals surface area (Å²) in [5.74, 6) is 0.526. The first-order chi connectivity index (χ1) is 9.02. The lowest BCUT2D eigenvalue weighted by molar-refractivity contribution is 0.414. The van der Waals surface area contributed by atoms with Crippen molar-refractivity contribution in [2.24, 2.45) is 0 Å². The van der Waals surface area contributed by atoms with Gasteiger partial charge in [0.1, 0.15) is 11.6 Å². The van der Waals surface area contributed by atoms with Crippen LogP contribution in [-0.2, 0) is 0 Å². The highest BCUT2D eigenvalue weighted by atomic mass is 79.9. The van der Waals surface area contributed by atoms with Gasteiger partial charge in [-0.1, -0.05) is 59.9 Å². The Labute approximate surface area is 136 Å². The van der Waals surface area contributed by atoms with E-state index in [4.69, 9.17) is 4.74 Å². The van der Waals surface area contributed by atoms with Crippen LogP contribution in [0.1, 0.15) is 16.0 Å². The molecule has 0 fully saturated rings. The van der Waals surface area contributed by atoms with E-state index in [0.717, 1.165) is 25.8 Å². The van der Waals surface area contributed by atoms with Crippen LogP contribution in [0, 0.1) is 5.82 Å². The third-order valence-corrected chi connectivity index (χ3v) is 5.08. The molecule has 0 aliphatic heterocycles. The number of ether oxygens (including phenoxy) is 1. The minimum absolute atomic E-state index is 0.0391. The highest BCUT2D eigenvalue weighted by Crippen LogP contribution is 2.39. The number of halogens is 4. The van der Waals surface area contributed by atoms with Crippen molar-refractivity contribution in [2.75, 3.05) is 7.11 Å². The molecule has 2 aromatic carbocycles. The molecule has 0 aliphatic carbocycles. The summed E-state index contributed by atoms with van der Waals surface area (Å²) >= 11 is 10.6. The van der Waals surface area contributed by atoms with Gasteiger partial charge in [0.05, 0.1) is 11.9 Å². The fraction of sp³-hybridized carbons (Fsp3) is 0.143. The van der Waals surface area contributed by atoms with Crippen LogP contribution in [0.3, 0.4) is 0 Å². The van der Waals surface area contributed by atoms with Gasteiger partial charge in [0.15, 0.2) is 0 Å². The van der Waals surface area contributed by atoms with Crippen LogP contribution in [0.15, 0.2) is 45.3 Å². The molecule has 0 saturated heterocycles. The third kappa shape index (κ3) is 3.38.